The van der Waals surface area contributed by atoms with Gasteiger partial charge < -0.3 is 14.6 Å². The Bertz CT molecular complexity index is 741. The molecule has 4 aliphatic rings. The van der Waals surface area contributed by atoms with Crippen LogP contribution in [0, 0.1) is 34.5 Å². The molecule has 33 heavy (non-hydrogen) atoms. The molecular formula is C27H44O6. The molecule has 4 aliphatic carbocycles. The molecule has 2 atom stereocenters. The van der Waals surface area contributed by atoms with E-state index in [1.807, 2.05) is 34.6 Å². The summed E-state index contributed by atoms with van der Waals surface area (Å²) in [5, 5.41) is 9.75. The van der Waals surface area contributed by atoms with Crippen LogP contribution in [0.2, 0.25) is 0 Å². The number of carbonyl (C=O) groups excluding carboxylic acids is 2. The number of esters is 2. The summed E-state index contributed by atoms with van der Waals surface area (Å²) < 4.78 is 12.0. The van der Waals surface area contributed by atoms with E-state index in [1.165, 1.54) is 19.3 Å². The Labute approximate surface area is 199 Å². The van der Waals surface area contributed by atoms with Gasteiger partial charge in [0.2, 0.25) is 0 Å². The van der Waals surface area contributed by atoms with Crippen LogP contribution in [0.3, 0.4) is 0 Å². The molecule has 0 saturated heterocycles. The minimum atomic E-state index is -1.10. The molecule has 4 fully saturated rings. The highest BCUT2D eigenvalue weighted by Crippen LogP contribution is 2.57. The Morgan fingerprint density at radius 3 is 1.79 bits per heavy atom. The van der Waals surface area contributed by atoms with Crippen LogP contribution in [-0.2, 0) is 23.9 Å². The topological polar surface area (TPSA) is 89.9 Å². The Hall–Kier alpha value is -1.59. The third-order valence-electron chi connectivity index (χ3n) is 8.34. The average Bonchev–Trinajstić information content (AvgIpc) is 2.64. The monoisotopic (exact) mass is 464 g/mol. The third kappa shape index (κ3) is 5.92. The van der Waals surface area contributed by atoms with Crippen molar-refractivity contribution < 1.29 is 29.0 Å². The summed E-state index contributed by atoms with van der Waals surface area (Å²) in [5.74, 6) is -0.401. The predicted octanol–water partition coefficient (Wildman–Crippen LogP) is 5.76. The van der Waals surface area contributed by atoms with Crippen LogP contribution in [0.4, 0.5) is 0 Å². The molecule has 0 amide bonds. The molecule has 0 aromatic carbocycles. The van der Waals surface area contributed by atoms with Crippen LogP contribution >= 0.6 is 0 Å². The van der Waals surface area contributed by atoms with Gasteiger partial charge in [0.15, 0.2) is 0 Å². The first-order chi connectivity index (χ1) is 15.1. The van der Waals surface area contributed by atoms with Crippen molar-refractivity contribution in [2.75, 3.05) is 0 Å². The van der Waals surface area contributed by atoms with Gasteiger partial charge in [-0.05, 0) is 117 Å². The second-order valence-corrected chi connectivity index (χ2v) is 13.2. The highest BCUT2D eigenvalue weighted by Gasteiger charge is 2.54. The Morgan fingerprint density at radius 2 is 1.39 bits per heavy atom. The van der Waals surface area contributed by atoms with Crippen LogP contribution in [0.25, 0.3) is 0 Å². The number of rotatable bonds is 9. The molecule has 6 nitrogen and oxygen atoms in total. The molecule has 6 heteroatoms. The van der Waals surface area contributed by atoms with Crippen LogP contribution in [0.5, 0.6) is 0 Å². The number of ether oxygens (including phenoxy) is 2. The highest BCUT2D eigenvalue weighted by molar-refractivity contribution is 5.80. The van der Waals surface area contributed by atoms with Crippen LogP contribution in [-0.4, -0.2) is 34.2 Å². The SMILES string of the molecule is CCC(C)(CC(CC(C)(C)C(=O)O)C(=O)OC12CC3CC(CC(C3)C1)C2)C(=O)OC(C)(C)C. The summed E-state index contributed by atoms with van der Waals surface area (Å²) in [5.41, 5.74) is -3.03. The van der Waals surface area contributed by atoms with Gasteiger partial charge in [0, 0.05) is 0 Å². The first kappa shape index (κ1) is 26.0. The van der Waals surface area contributed by atoms with E-state index in [2.05, 4.69) is 0 Å². The molecule has 0 aromatic rings. The van der Waals surface area contributed by atoms with Crippen molar-refractivity contribution in [3.05, 3.63) is 0 Å². The van der Waals surface area contributed by atoms with Gasteiger partial charge >= 0.3 is 17.9 Å². The van der Waals surface area contributed by atoms with E-state index in [1.54, 1.807) is 13.8 Å². The maximum atomic E-state index is 13.7. The first-order valence-electron chi connectivity index (χ1n) is 12.8. The van der Waals surface area contributed by atoms with E-state index >= 15 is 0 Å². The zero-order chi connectivity index (χ0) is 24.8. The highest BCUT2D eigenvalue weighted by atomic mass is 16.6. The fourth-order valence-electron chi connectivity index (χ4n) is 6.71. The van der Waals surface area contributed by atoms with E-state index in [0.717, 1.165) is 19.3 Å². The maximum absolute atomic E-state index is 13.7. The smallest absolute Gasteiger partial charge is 0.312 e. The molecule has 0 aliphatic heterocycles. The second kappa shape index (κ2) is 8.88. The largest absolute Gasteiger partial charge is 0.481 e. The van der Waals surface area contributed by atoms with Gasteiger partial charge in [-0.2, -0.15) is 0 Å². The van der Waals surface area contributed by atoms with Gasteiger partial charge in [-0.3, -0.25) is 14.4 Å². The van der Waals surface area contributed by atoms with Gasteiger partial charge in [0.25, 0.3) is 0 Å². The van der Waals surface area contributed by atoms with E-state index in [0.29, 0.717) is 24.2 Å². The van der Waals surface area contributed by atoms with Gasteiger partial charge in [-0.25, -0.2) is 0 Å². The number of aliphatic carboxylic acids is 1. The molecule has 4 saturated carbocycles. The normalized spacial score (nSPS) is 31.5. The lowest BCUT2D eigenvalue weighted by molar-refractivity contribution is -0.194. The number of carboxylic acid groups (broad SMARTS) is 1. The van der Waals surface area contributed by atoms with E-state index in [4.69, 9.17) is 9.47 Å². The summed E-state index contributed by atoms with van der Waals surface area (Å²) in [7, 11) is 0. The van der Waals surface area contributed by atoms with Crippen LogP contribution < -0.4 is 0 Å². The Kier molecular flexibility index (Phi) is 7.01. The number of carbonyl (C=O) groups is 3. The molecule has 1 N–H and O–H groups in total. The standard InChI is InChI=1S/C27H44O6/c1-8-26(7,23(31)33-24(2,3)4)16-20(15-25(5,6)22(29)30)21(28)32-27-12-17-9-18(13-27)11-19(10-17)14-27/h17-20H,8-16H2,1-7H3,(H,29,30). The molecule has 0 spiro atoms. The molecule has 2 unspecified atom stereocenters. The summed E-state index contributed by atoms with van der Waals surface area (Å²) in [6.07, 6.45) is 7.38. The second-order valence-electron chi connectivity index (χ2n) is 13.2. The fraction of sp³-hybridized carbons (Fsp3) is 0.889. The number of hydrogen-bond acceptors (Lipinski definition) is 5. The van der Waals surface area contributed by atoms with Crippen molar-refractivity contribution in [3.63, 3.8) is 0 Å². The Balaban J connectivity index is 1.82. The molecule has 4 bridgehead atoms. The van der Waals surface area contributed by atoms with Gasteiger partial charge in [0.05, 0.1) is 16.7 Å². The molecule has 188 valence electrons. The van der Waals surface area contributed by atoms with E-state index < -0.39 is 33.9 Å². The lowest BCUT2D eigenvalue weighted by Gasteiger charge is -2.56. The van der Waals surface area contributed by atoms with Crippen molar-refractivity contribution >= 4 is 17.9 Å². The van der Waals surface area contributed by atoms with Crippen LogP contribution in [0.15, 0.2) is 0 Å². The molecule has 0 heterocycles. The van der Waals surface area contributed by atoms with E-state index in [-0.39, 0.29) is 24.8 Å². The van der Waals surface area contributed by atoms with E-state index in [9.17, 15) is 19.5 Å². The van der Waals surface area contributed by atoms with Crippen molar-refractivity contribution in [2.24, 2.45) is 34.5 Å². The fourth-order valence-corrected chi connectivity index (χ4v) is 6.71. The van der Waals surface area contributed by atoms with Crippen molar-refractivity contribution in [2.45, 2.75) is 117 Å². The summed E-state index contributed by atoms with van der Waals surface area (Å²) >= 11 is 0. The minimum Gasteiger partial charge on any atom is -0.481 e. The number of carboxylic acids is 1. The molecular weight excluding hydrogens is 420 g/mol. The molecule has 0 radical (unpaired) electrons. The molecule has 0 aromatic heterocycles. The zero-order valence-corrected chi connectivity index (χ0v) is 21.7. The van der Waals surface area contributed by atoms with Gasteiger partial charge in [-0.15, -0.1) is 0 Å². The minimum absolute atomic E-state index is 0.131. The summed E-state index contributed by atoms with van der Waals surface area (Å²) in [6, 6.07) is 0. The Morgan fingerprint density at radius 1 is 0.909 bits per heavy atom. The lowest BCUT2D eigenvalue weighted by atomic mass is 9.54. The average molecular weight is 465 g/mol. The predicted molar refractivity (Wildman–Crippen MR) is 125 cm³/mol. The quantitative estimate of drug-likeness (QED) is 0.436. The van der Waals surface area contributed by atoms with Crippen molar-refractivity contribution in [3.8, 4) is 0 Å². The van der Waals surface area contributed by atoms with Crippen molar-refractivity contribution in [1.29, 1.82) is 0 Å². The molecule has 4 rings (SSSR count). The van der Waals surface area contributed by atoms with Crippen LogP contribution in [0.1, 0.15) is 106 Å². The van der Waals surface area contributed by atoms with Gasteiger partial charge in [0.1, 0.15) is 11.2 Å². The third-order valence-corrected chi connectivity index (χ3v) is 8.34. The zero-order valence-electron chi connectivity index (χ0n) is 21.7. The summed E-state index contributed by atoms with van der Waals surface area (Å²) in [6.45, 7) is 12.5. The summed E-state index contributed by atoms with van der Waals surface area (Å²) in [4.78, 5) is 38.7. The van der Waals surface area contributed by atoms with Crippen molar-refractivity contribution in [1.82, 2.24) is 0 Å². The maximum Gasteiger partial charge on any atom is 0.312 e. The number of hydrogen-bond donors (Lipinski definition) is 1. The lowest BCUT2D eigenvalue weighted by Crippen LogP contribution is -2.53. The van der Waals surface area contributed by atoms with Gasteiger partial charge in [-0.1, -0.05) is 6.92 Å². The first-order valence-corrected chi connectivity index (χ1v) is 12.8.